The first-order chi connectivity index (χ1) is 12.7. The Hall–Kier alpha value is -2.66. The number of carbonyl (C=O) groups excluding carboxylic acids is 1. The zero-order valence-electron chi connectivity index (χ0n) is 14.5. The van der Waals surface area contributed by atoms with Crippen molar-refractivity contribution in [3.63, 3.8) is 0 Å². The Morgan fingerprint density at radius 2 is 1.85 bits per heavy atom. The molecule has 0 unspecified atom stereocenters. The summed E-state index contributed by atoms with van der Waals surface area (Å²) in [5, 5.41) is 7.92. The number of nitrogens with one attached hydrogen (secondary N) is 3. The highest BCUT2D eigenvalue weighted by atomic mass is 19.1. The van der Waals surface area contributed by atoms with Gasteiger partial charge in [0.25, 0.3) is 5.91 Å². The first-order valence-corrected chi connectivity index (χ1v) is 9.05. The van der Waals surface area contributed by atoms with Crippen LogP contribution in [0.15, 0.2) is 54.7 Å². The summed E-state index contributed by atoms with van der Waals surface area (Å²) < 4.78 is 13.0. The summed E-state index contributed by atoms with van der Waals surface area (Å²) in [6, 6.07) is 14.3. The molecule has 0 radical (unpaired) electrons. The van der Waals surface area contributed by atoms with Crippen molar-refractivity contribution >= 4 is 16.8 Å². The van der Waals surface area contributed by atoms with Crippen molar-refractivity contribution in [2.75, 3.05) is 0 Å². The molecule has 1 aliphatic rings. The fourth-order valence-corrected chi connectivity index (χ4v) is 3.75. The molecule has 5 heteroatoms. The van der Waals surface area contributed by atoms with E-state index >= 15 is 0 Å². The van der Waals surface area contributed by atoms with Gasteiger partial charge in [0.2, 0.25) is 0 Å². The molecule has 2 aromatic carbocycles. The number of para-hydroxylation sites is 1. The number of hydrogen-bond donors (Lipinski definition) is 3. The third kappa shape index (κ3) is 3.48. The molecule has 1 amide bonds. The van der Waals surface area contributed by atoms with Gasteiger partial charge in [-0.3, -0.25) is 4.79 Å². The summed E-state index contributed by atoms with van der Waals surface area (Å²) in [5.41, 5.74) is 2.86. The zero-order valence-corrected chi connectivity index (χ0v) is 14.5. The Bertz CT molecular complexity index is 903. The van der Waals surface area contributed by atoms with Gasteiger partial charge in [0.1, 0.15) is 5.82 Å². The van der Waals surface area contributed by atoms with Gasteiger partial charge >= 0.3 is 0 Å². The largest absolute Gasteiger partial charge is 0.361 e. The maximum Gasteiger partial charge on any atom is 0.251 e. The average Bonchev–Trinajstić information content (AvgIpc) is 3.27. The third-order valence-corrected chi connectivity index (χ3v) is 5.17. The fraction of sp³-hybridized carbons (Fsp3) is 0.286. The molecule has 0 saturated heterocycles. The molecule has 1 saturated carbocycles. The highest BCUT2D eigenvalue weighted by Gasteiger charge is 2.28. The third-order valence-electron chi connectivity index (χ3n) is 5.17. The van der Waals surface area contributed by atoms with Gasteiger partial charge in [-0.1, -0.05) is 18.2 Å². The Labute approximate surface area is 151 Å². The molecule has 134 valence electrons. The minimum absolute atomic E-state index is 0.0951. The van der Waals surface area contributed by atoms with E-state index in [2.05, 4.69) is 27.8 Å². The number of halogens is 1. The van der Waals surface area contributed by atoms with E-state index in [-0.39, 0.29) is 23.8 Å². The summed E-state index contributed by atoms with van der Waals surface area (Å²) in [7, 11) is 0. The summed E-state index contributed by atoms with van der Waals surface area (Å²) in [5.74, 6) is -0.475. The predicted octanol–water partition coefficient (Wildman–Crippen LogP) is 3.75. The van der Waals surface area contributed by atoms with Crippen LogP contribution in [-0.4, -0.2) is 23.0 Å². The Balaban J connectivity index is 1.39. The van der Waals surface area contributed by atoms with Crippen LogP contribution in [0.2, 0.25) is 0 Å². The smallest absolute Gasteiger partial charge is 0.251 e. The van der Waals surface area contributed by atoms with E-state index in [0.29, 0.717) is 5.56 Å². The van der Waals surface area contributed by atoms with Gasteiger partial charge in [-0.15, -0.1) is 0 Å². The number of H-pyrrole nitrogens is 1. The fourth-order valence-electron chi connectivity index (χ4n) is 3.75. The van der Waals surface area contributed by atoms with E-state index in [0.717, 1.165) is 31.3 Å². The molecule has 4 rings (SSSR count). The van der Waals surface area contributed by atoms with Crippen LogP contribution < -0.4 is 10.6 Å². The van der Waals surface area contributed by atoms with E-state index in [9.17, 15) is 9.18 Å². The number of amides is 1. The van der Waals surface area contributed by atoms with Crippen molar-refractivity contribution in [1.29, 1.82) is 0 Å². The lowest BCUT2D eigenvalue weighted by Gasteiger charge is -2.22. The number of hydrogen-bond acceptors (Lipinski definition) is 2. The highest BCUT2D eigenvalue weighted by Crippen LogP contribution is 2.22. The summed E-state index contributed by atoms with van der Waals surface area (Å²) in [6.45, 7) is 0.762. The van der Waals surface area contributed by atoms with Crippen molar-refractivity contribution in [3.8, 4) is 0 Å². The van der Waals surface area contributed by atoms with Gasteiger partial charge in [0.05, 0.1) is 0 Å². The number of aromatic nitrogens is 1. The monoisotopic (exact) mass is 351 g/mol. The lowest BCUT2D eigenvalue weighted by Crippen LogP contribution is -2.46. The van der Waals surface area contributed by atoms with Gasteiger partial charge in [0, 0.05) is 41.3 Å². The van der Waals surface area contributed by atoms with Crippen LogP contribution in [0.4, 0.5) is 4.39 Å². The molecular formula is C21H22FN3O. The van der Waals surface area contributed by atoms with Crippen molar-refractivity contribution in [3.05, 3.63) is 71.7 Å². The van der Waals surface area contributed by atoms with Crippen molar-refractivity contribution in [2.24, 2.45) is 0 Å². The van der Waals surface area contributed by atoms with E-state index < -0.39 is 0 Å². The van der Waals surface area contributed by atoms with Crippen molar-refractivity contribution in [2.45, 2.75) is 37.9 Å². The van der Waals surface area contributed by atoms with Crippen LogP contribution >= 0.6 is 0 Å². The number of aromatic amines is 1. The summed E-state index contributed by atoms with van der Waals surface area (Å²) in [6.07, 6.45) is 5.12. The van der Waals surface area contributed by atoms with Crippen LogP contribution in [0, 0.1) is 5.82 Å². The second-order valence-electron chi connectivity index (χ2n) is 6.86. The van der Waals surface area contributed by atoms with Crippen LogP contribution in [0.1, 0.15) is 35.2 Å². The quantitative estimate of drug-likeness (QED) is 0.656. The molecule has 1 fully saturated rings. The predicted molar refractivity (Wildman–Crippen MR) is 100 cm³/mol. The van der Waals surface area contributed by atoms with Crippen LogP contribution in [0.3, 0.4) is 0 Å². The molecule has 3 N–H and O–H groups in total. The molecule has 4 nitrogen and oxygen atoms in total. The first-order valence-electron chi connectivity index (χ1n) is 9.05. The lowest BCUT2D eigenvalue weighted by molar-refractivity contribution is 0.0931. The van der Waals surface area contributed by atoms with E-state index in [1.807, 2.05) is 18.3 Å². The zero-order chi connectivity index (χ0) is 17.9. The van der Waals surface area contributed by atoms with Crippen LogP contribution in [0.5, 0.6) is 0 Å². The normalized spacial score (nSPS) is 19.7. The van der Waals surface area contributed by atoms with Gasteiger partial charge in [0.15, 0.2) is 0 Å². The van der Waals surface area contributed by atoms with Gasteiger partial charge in [-0.2, -0.15) is 0 Å². The molecule has 0 aliphatic heterocycles. The van der Waals surface area contributed by atoms with Crippen LogP contribution in [0.25, 0.3) is 10.9 Å². The molecule has 3 aromatic rings. The van der Waals surface area contributed by atoms with Gasteiger partial charge in [-0.25, -0.2) is 4.39 Å². The molecule has 0 bridgehead atoms. The number of rotatable bonds is 5. The Morgan fingerprint density at radius 1 is 1.08 bits per heavy atom. The number of benzene rings is 2. The van der Waals surface area contributed by atoms with E-state index in [4.69, 9.17) is 0 Å². The summed E-state index contributed by atoms with van der Waals surface area (Å²) in [4.78, 5) is 15.7. The van der Waals surface area contributed by atoms with Gasteiger partial charge in [-0.05, 0) is 55.2 Å². The molecular weight excluding hydrogens is 329 g/mol. The highest BCUT2D eigenvalue weighted by molar-refractivity contribution is 5.94. The molecule has 1 heterocycles. The molecule has 0 spiro atoms. The minimum Gasteiger partial charge on any atom is -0.361 e. The molecule has 2 atom stereocenters. The van der Waals surface area contributed by atoms with Crippen LogP contribution in [-0.2, 0) is 6.54 Å². The standard InChI is InChI=1S/C21H22FN3O/c22-16-10-8-14(9-11-16)21(26)25-20-7-3-6-19(20)24-13-15-12-23-18-5-2-1-4-17(15)18/h1-2,4-5,8-12,19-20,23-24H,3,6-7,13H2,(H,25,26)/t19-,20+/m1/s1. The van der Waals surface area contributed by atoms with Gasteiger partial charge < -0.3 is 15.6 Å². The second-order valence-corrected chi connectivity index (χ2v) is 6.86. The second kappa shape index (κ2) is 7.30. The minimum atomic E-state index is -0.333. The topological polar surface area (TPSA) is 56.9 Å². The number of fused-ring (bicyclic) bond motifs is 1. The Morgan fingerprint density at radius 3 is 2.69 bits per heavy atom. The van der Waals surface area contributed by atoms with Crippen molar-refractivity contribution < 1.29 is 9.18 Å². The maximum atomic E-state index is 13.0. The summed E-state index contributed by atoms with van der Waals surface area (Å²) >= 11 is 0. The van der Waals surface area contributed by atoms with E-state index in [1.54, 1.807) is 0 Å². The average molecular weight is 351 g/mol. The van der Waals surface area contributed by atoms with E-state index in [1.165, 1.54) is 35.2 Å². The van der Waals surface area contributed by atoms with Crippen molar-refractivity contribution in [1.82, 2.24) is 15.6 Å². The SMILES string of the molecule is O=C(N[C@H]1CCC[C@H]1NCc1c[nH]c2ccccc12)c1ccc(F)cc1. The molecule has 1 aliphatic carbocycles. The molecule has 1 aromatic heterocycles. The first kappa shape index (κ1) is 16.8. The Kier molecular flexibility index (Phi) is 4.71. The maximum absolute atomic E-state index is 13.0. The molecule has 26 heavy (non-hydrogen) atoms. The number of carbonyl (C=O) groups is 1. The lowest BCUT2D eigenvalue weighted by atomic mass is 10.1.